The standard InChI is InChI=1S/C22H23F3N2O4/c23-16-7-9-17(10-8-16)30-15-3-6-20(28)26-11-13-27(14-12-26)21(29)18-4-1-2-5-19(18)31-22(24)25/h1-2,4-5,7-10,22H,3,6,11-15H2. The van der Waals surface area contributed by atoms with Gasteiger partial charge in [0.1, 0.15) is 17.3 Å². The van der Waals surface area contributed by atoms with Gasteiger partial charge in [0.25, 0.3) is 5.91 Å². The first-order valence-electron chi connectivity index (χ1n) is 9.93. The lowest BCUT2D eigenvalue weighted by Gasteiger charge is -2.35. The average Bonchev–Trinajstić information content (AvgIpc) is 2.77. The first-order valence-corrected chi connectivity index (χ1v) is 9.93. The highest BCUT2D eigenvalue weighted by Gasteiger charge is 2.26. The number of rotatable bonds is 8. The summed E-state index contributed by atoms with van der Waals surface area (Å²) in [6.07, 6.45) is 0.800. The number of nitrogens with zero attached hydrogens (tertiary/aromatic N) is 2. The van der Waals surface area contributed by atoms with Crippen LogP contribution < -0.4 is 9.47 Å². The molecule has 0 spiro atoms. The summed E-state index contributed by atoms with van der Waals surface area (Å²) in [5.41, 5.74) is 0.0699. The Morgan fingerprint density at radius 3 is 2.26 bits per heavy atom. The number of carbonyl (C=O) groups is 2. The zero-order valence-corrected chi connectivity index (χ0v) is 16.8. The molecule has 0 saturated carbocycles. The normalized spacial score (nSPS) is 13.9. The molecule has 0 radical (unpaired) electrons. The lowest BCUT2D eigenvalue weighted by Crippen LogP contribution is -2.50. The first kappa shape index (κ1) is 22.5. The lowest BCUT2D eigenvalue weighted by molar-refractivity contribution is -0.132. The molecule has 0 aliphatic carbocycles. The molecule has 1 aliphatic rings. The number of hydrogen-bond donors (Lipinski definition) is 0. The molecule has 3 rings (SSSR count). The number of alkyl halides is 2. The molecule has 1 fully saturated rings. The third-order valence-electron chi connectivity index (χ3n) is 4.87. The van der Waals surface area contributed by atoms with Gasteiger partial charge in [0.2, 0.25) is 5.91 Å². The Bertz CT molecular complexity index is 885. The van der Waals surface area contributed by atoms with Crippen molar-refractivity contribution in [3.63, 3.8) is 0 Å². The maximum absolute atomic E-state index is 12.9. The van der Waals surface area contributed by atoms with Gasteiger partial charge in [-0.15, -0.1) is 0 Å². The van der Waals surface area contributed by atoms with Crippen molar-refractivity contribution in [2.75, 3.05) is 32.8 Å². The van der Waals surface area contributed by atoms with E-state index in [2.05, 4.69) is 4.74 Å². The van der Waals surface area contributed by atoms with Crippen molar-refractivity contribution in [2.45, 2.75) is 19.5 Å². The van der Waals surface area contributed by atoms with Gasteiger partial charge in [-0.1, -0.05) is 12.1 Å². The first-order chi connectivity index (χ1) is 14.9. The second kappa shape index (κ2) is 10.7. The lowest BCUT2D eigenvalue weighted by atomic mass is 10.1. The van der Waals surface area contributed by atoms with Crippen LogP contribution in [-0.4, -0.2) is 61.0 Å². The molecule has 1 aliphatic heterocycles. The van der Waals surface area contributed by atoms with E-state index in [9.17, 15) is 22.8 Å². The SMILES string of the molecule is O=C(CCCOc1ccc(F)cc1)N1CCN(C(=O)c2ccccc2OC(F)F)CC1. The fourth-order valence-electron chi connectivity index (χ4n) is 3.27. The Morgan fingerprint density at radius 2 is 1.58 bits per heavy atom. The molecule has 0 N–H and O–H groups in total. The van der Waals surface area contributed by atoms with E-state index in [1.807, 2.05) is 0 Å². The molecule has 0 atom stereocenters. The van der Waals surface area contributed by atoms with Gasteiger partial charge < -0.3 is 19.3 Å². The molecule has 0 unspecified atom stereocenters. The minimum atomic E-state index is -3.02. The highest BCUT2D eigenvalue weighted by Crippen LogP contribution is 2.22. The quantitative estimate of drug-likeness (QED) is 0.594. The average molecular weight is 436 g/mol. The molecule has 6 nitrogen and oxygen atoms in total. The number of carbonyl (C=O) groups excluding carboxylic acids is 2. The van der Waals surface area contributed by atoms with Gasteiger partial charge in [-0.2, -0.15) is 8.78 Å². The van der Waals surface area contributed by atoms with E-state index in [1.54, 1.807) is 11.0 Å². The van der Waals surface area contributed by atoms with Crippen molar-refractivity contribution in [3.05, 3.63) is 59.9 Å². The number of para-hydroxylation sites is 1. The molecule has 2 amide bonds. The Morgan fingerprint density at radius 1 is 0.935 bits per heavy atom. The number of piperazine rings is 1. The Kier molecular flexibility index (Phi) is 7.75. The van der Waals surface area contributed by atoms with Gasteiger partial charge >= 0.3 is 6.61 Å². The molecule has 0 aromatic heterocycles. The van der Waals surface area contributed by atoms with Crippen molar-refractivity contribution in [1.29, 1.82) is 0 Å². The number of hydrogen-bond acceptors (Lipinski definition) is 4. The van der Waals surface area contributed by atoms with E-state index in [0.29, 0.717) is 51.4 Å². The third-order valence-corrected chi connectivity index (χ3v) is 4.87. The molecule has 0 bridgehead atoms. The minimum Gasteiger partial charge on any atom is -0.494 e. The van der Waals surface area contributed by atoms with Crippen molar-refractivity contribution in [1.82, 2.24) is 9.80 Å². The molecule has 166 valence electrons. The highest BCUT2D eigenvalue weighted by molar-refractivity contribution is 5.97. The van der Waals surface area contributed by atoms with Gasteiger partial charge in [-0.05, 0) is 42.8 Å². The summed E-state index contributed by atoms with van der Waals surface area (Å²) in [5.74, 6) is -0.420. The van der Waals surface area contributed by atoms with E-state index in [-0.39, 0.29) is 23.0 Å². The second-order valence-electron chi connectivity index (χ2n) is 6.95. The Balaban J connectivity index is 1.43. The fraction of sp³-hybridized carbons (Fsp3) is 0.364. The minimum absolute atomic E-state index is 0.0451. The van der Waals surface area contributed by atoms with Crippen LogP contribution in [0.5, 0.6) is 11.5 Å². The molecule has 31 heavy (non-hydrogen) atoms. The van der Waals surface area contributed by atoms with Gasteiger partial charge in [0.15, 0.2) is 0 Å². The molecule has 2 aromatic rings. The molecule has 2 aromatic carbocycles. The summed E-state index contributed by atoms with van der Waals surface area (Å²) >= 11 is 0. The summed E-state index contributed by atoms with van der Waals surface area (Å²) in [4.78, 5) is 28.3. The maximum atomic E-state index is 12.9. The van der Waals surface area contributed by atoms with Crippen molar-refractivity contribution in [3.8, 4) is 11.5 Å². The second-order valence-corrected chi connectivity index (χ2v) is 6.95. The Hall–Kier alpha value is -3.23. The van der Waals surface area contributed by atoms with Crippen LogP contribution in [0.3, 0.4) is 0 Å². The predicted octanol–water partition coefficient (Wildman–Crippen LogP) is 3.57. The summed E-state index contributed by atoms with van der Waals surface area (Å²) in [5, 5.41) is 0. The van der Waals surface area contributed by atoms with Crippen LogP contribution in [-0.2, 0) is 4.79 Å². The zero-order valence-electron chi connectivity index (χ0n) is 16.8. The van der Waals surface area contributed by atoms with E-state index >= 15 is 0 Å². The predicted molar refractivity (Wildman–Crippen MR) is 107 cm³/mol. The van der Waals surface area contributed by atoms with Gasteiger partial charge in [0, 0.05) is 32.6 Å². The summed E-state index contributed by atoms with van der Waals surface area (Å²) in [7, 11) is 0. The van der Waals surface area contributed by atoms with Crippen LogP contribution in [0.1, 0.15) is 23.2 Å². The van der Waals surface area contributed by atoms with Crippen LogP contribution in [0.25, 0.3) is 0 Å². The molecule has 1 heterocycles. The third kappa shape index (κ3) is 6.37. The summed E-state index contributed by atoms with van der Waals surface area (Å²) < 4.78 is 47.9. The van der Waals surface area contributed by atoms with E-state index in [1.165, 1.54) is 47.4 Å². The Labute approximate surface area is 178 Å². The van der Waals surface area contributed by atoms with Crippen LogP contribution in [0.15, 0.2) is 48.5 Å². The fourth-order valence-corrected chi connectivity index (χ4v) is 3.27. The molecular weight excluding hydrogens is 413 g/mol. The van der Waals surface area contributed by atoms with Gasteiger partial charge in [-0.3, -0.25) is 9.59 Å². The zero-order chi connectivity index (χ0) is 22.2. The number of benzene rings is 2. The monoisotopic (exact) mass is 436 g/mol. The van der Waals surface area contributed by atoms with Crippen LogP contribution in [0.2, 0.25) is 0 Å². The smallest absolute Gasteiger partial charge is 0.387 e. The summed E-state index contributed by atoms with van der Waals surface area (Å²) in [6, 6.07) is 11.5. The summed E-state index contributed by atoms with van der Waals surface area (Å²) in [6.45, 7) is -1.35. The van der Waals surface area contributed by atoms with Crippen molar-refractivity contribution >= 4 is 11.8 Å². The van der Waals surface area contributed by atoms with Crippen molar-refractivity contribution < 1.29 is 32.2 Å². The van der Waals surface area contributed by atoms with Crippen LogP contribution >= 0.6 is 0 Å². The highest BCUT2D eigenvalue weighted by atomic mass is 19.3. The molecular formula is C22H23F3N2O4. The van der Waals surface area contributed by atoms with Gasteiger partial charge in [0.05, 0.1) is 12.2 Å². The topological polar surface area (TPSA) is 59.1 Å². The molecule has 1 saturated heterocycles. The van der Waals surface area contributed by atoms with Gasteiger partial charge in [-0.25, -0.2) is 4.39 Å². The maximum Gasteiger partial charge on any atom is 0.387 e. The molecule has 9 heteroatoms. The van der Waals surface area contributed by atoms with E-state index in [4.69, 9.17) is 4.74 Å². The number of ether oxygens (including phenoxy) is 2. The largest absolute Gasteiger partial charge is 0.494 e. The van der Waals surface area contributed by atoms with Crippen LogP contribution in [0, 0.1) is 5.82 Å². The van der Waals surface area contributed by atoms with E-state index in [0.717, 1.165) is 0 Å². The van der Waals surface area contributed by atoms with E-state index < -0.39 is 12.5 Å². The number of amides is 2. The van der Waals surface area contributed by atoms with Crippen molar-refractivity contribution in [2.24, 2.45) is 0 Å². The van der Waals surface area contributed by atoms with Crippen LogP contribution in [0.4, 0.5) is 13.2 Å². The number of halogens is 3.